The smallest absolute Gasteiger partial charge is 0.335 e. The molecule has 0 radical (unpaired) electrons. The molecule has 1 atom stereocenters. The quantitative estimate of drug-likeness (QED) is 0.881. The Bertz CT molecular complexity index is 755. The molecule has 2 rings (SSSR count). The van der Waals surface area contributed by atoms with E-state index in [0.29, 0.717) is 5.76 Å². The van der Waals surface area contributed by atoms with Crippen molar-refractivity contribution in [2.45, 2.75) is 17.9 Å². The summed E-state index contributed by atoms with van der Waals surface area (Å²) in [6, 6.07) is 5.00. The van der Waals surface area contributed by atoms with E-state index < -0.39 is 32.7 Å². The Labute approximate surface area is 120 Å². The van der Waals surface area contributed by atoms with Crippen LogP contribution in [0.3, 0.4) is 0 Å². The van der Waals surface area contributed by atoms with E-state index in [1.807, 2.05) is 0 Å². The molecule has 0 aliphatic rings. The van der Waals surface area contributed by atoms with Gasteiger partial charge in [0.15, 0.2) is 0 Å². The number of hydrogen-bond donors (Lipinski definition) is 2. The van der Waals surface area contributed by atoms with Crippen molar-refractivity contribution in [2.24, 2.45) is 0 Å². The molecule has 0 aliphatic heterocycles. The van der Waals surface area contributed by atoms with E-state index >= 15 is 0 Å². The van der Waals surface area contributed by atoms with E-state index in [2.05, 4.69) is 4.72 Å². The van der Waals surface area contributed by atoms with E-state index in [1.165, 1.54) is 13.2 Å². The molecule has 1 aromatic heterocycles. The van der Waals surface area contributed by atoms with Crippen molar-refractivity contribution in [3.05, 3.63) is 53.7 Å². The molecule has 0 saturated carbocycles. The van der Waals surface area contributed by atoms with Crippen LogP contribution in [0.25, 0.3) is 0 Å². The SMILES string of the molecule is CC(NS(=O)(=O)c1cc(C(=O)O)ccc1F)c1ccco1. The molecule has 0 spiro atoms. The van der Waals surface area contributed by atoms with Crippen LogP contribution in [-0.2, 0) is 10.0 Å². The number of rotatable bonds is 5. The van der Waals surface area contributed by atoms with Crippen LogP contribution in [0.5, 0.6) is 0 Å². The molecule has 0 amide bonds. The predicted molar refractivity (Wildman–Crippen MR) is 70.8 cm³/mol. The number of nitrogens with one attached hydrogen (secondary N) is 1. The van der Waals surface area contributed by atoms with Gasteiger partial charge in [-0.3, -0.25) is 0 Å². The first-order valence-corrected chi connectivity index (χ1v) is 7.38. The van der Waals surface area contributed by atoms with Crippen LogP contribution in [0.1, 0.15) is 29.1 Å². The van der Waals surface area contributed by atoms with Crippen LogP contribution in [0, 0.1) is 5.82 Å². The lowest BCUT2D eigenvalue weighted by Crippen LogP contribution is -2.27. The van der Waals surface area contributed by atoms with Crippen LogP contribution in [-0.4, -0.2) is 19.5 Å². The normalized spacial score (nSPS) is 13.0. The largest absolute Gasteiger partial charge is 0.478 e. The molecule has 1 aromatic carbocycles. The third-order valence-corrected chi connectivity index (χ3v) is 4.33. The summed E-state index contributed by atoms with van der Waals surface area (Å²) in [6.07, 6.45) is 1.38. The molecular formula is C13H12FNO5S. The fraction of sp³-hybridized carbons (Fsp3) is 0.154. The van der Waals surface area contributed by atoms with Gasteiger partial charge in [-0.15, -0.1) is 0 Å². The van der Waals surface area contributed by atoms with E-state index in [9.17, 15) is 17.6 Å². The van der Waals surface area contributed by atoms with Crippen molar-refractivity contribution in [1.29, 1.82) is 0 Å². The van der Waals surface area contributed by atoms with Crippen LogP contribution < -0.4 is 4.72 Å². The Hall–Kier alpha value is -2.19. The third-order valence-electron chi connectivity index (χ3n) is 2.77. The van der Waals surface area contributed by atoms with Gasteiger partial charge >= 0.3 is 5.97 Å². The first-order chi connectivity index (χ1) is 9.81. The minimum absolute atomic E-state index is 0.317. The molecule has 21 heavy (non-hydrogen) atoms. The minimum atomic E-state index is -4.22. The second kappa shape index (κ2) is 5.66. The summed E-state index contributed by atoms with van der Waals surface area (Å²) < 4.78 is 45.3. The molecule has 8 heteroatoms. The molecular weight excluding hydrogens is 301 g/mol. The van der Waals surface area contributed by atoms with Crippen molar-refractivity contribution >= 4 is 16.0 Å². The van der Waals surface area contributed by atoms with E-state index in [4.69, 9.17) is 9.52 Å². The molecule has 0 saturated heterocycles. The van der Waals surface area contributed by atoms with Crippen molar-refractivity contribution in [3.8, 4) is 0 Å². The molecule has 6 nitrogen and oxygen atoms in total. The number of carboxylic acids is 1. The summed E-state index contributed by atoms with van der Waals surface area (Å²) in [5.41, 5.74) is -0.317. The van der Waals surface area contributed by atoms with Gasteiger partial charge in [-0.1, -0.05) is 0 Å². The number of furan rings is 1. The number of carbonyl (C=O) groups is 1. The summed E-state index contributed by atoms with van der Waals surface area (Å²) >= 11 is 0. The number of carboxylic acid groups (broad SMARTS) is 1. The second-order valence-electron chi connectivity index (χ2n) is 4.31. The summed E-state index contributed by atoms with van der Waals surface area (Å²) in [5.74, 6) is -2.02. The Kier molecular flexibility index (Phi) is 4.10. The van der Waals surface area contributed by atoms with E-state index in [-0.39, 0.29) is 5.56 Å². The van der Waals surface area contributed by atoms with Gasteiger partial charge in [0.1, 0.15) is 16.5 Å². The maximum absolute atomic E-state index is 13.7. The summed E-state index contributed by atoms with van der Waals surface area (Å²) in [6.45, 7) is 1.52. The van der Waals surface area contributed by atoms with Crippen LogP contribution in [0.4, 0.5) is 4.39 Å². The molecule has 0 fully saturated rings. The highest BCUT2D eigenvalue weighted by Gasteiger charge is 2.24. The van der Waals surface area contributed by atoms with Gasteiger partial charge in [-0.05, 0) is 37.3 Å². The van der Waals surface area contributed by atoms with Gasteiger partial charge in [0, 0.05) is 0 Å². The Morgan fingerprint density at radius 1 is 1.38 bits per heavy atom. The highest BCUT2D eigenvalue weighted by atomic mass is 32.2. The highest BCUT2D eigenvalue weighted by Crippen LogP contribution is 2.20. The van der Waals surface area contributed by atoms with Crippen LogP contribution in [0.2, 0.25) is 0 Å². The van der Waals surface area contributed by atoms with E-state index in [1.54, 1.807) is 12.1 Å². The fourth-order valence-electron chi connectivity index (χ4n) is 1.73. The van der Waals surface area contributed by atoms with Crippen molar-refractivity contribution < 1.29 is 27.1 Å². The summed E-state index contributed by atoms with van der Waals surface area (Å²) in [5, 5.41) is 8.85. The van der Waals surface area contributed by atoms with Crippen LogP contribution >= 0.6 is 0 Å². The van der Waals surface area contributed by atoms with Gasteiger partial charge in [0.2, 0.25) is 10.0 Å². The van der Waals surface area contributed by atoms with Gasteiger partial charge in [-0.25, -0.2) is 22.3 Å². The van der Waals surface area contributed by atoms with Crippen molar-refractivity contribution in [2.75, 3.05) is 0 Å². The lowest BCUT2D eigenvalue weighted by molar-refractivity contribution is 0.0696. The standard InChI is InChI=1S/C13H12FNO5S/c1-8(11-3-2-6-20-11)15-21(18,19)12-7-9(13(16)17)4-5-10(12)14/h2-8,15H,1H3,(H,16,17). The highest BCUT2D eigenvalue weighted by molar-refractivity contribution is 7.89. The first kappa shape index (κ1) is 15.2. The van der Waals surface area contributed by atoms with Crippen molar-refractivity contribution in [3.63, 3.8) is 0 Å². The molecule has 1 heterocycles. The zero-order chi connectivity index (χ0) is 15.6. The van der Waals surface area contributed by atoms with Crippen LogP contribution in [0.15, 0.2) is 45.9 Å². The Balaban J connectivity index is 2.35. The van der Waals surface area contributed by atoms with E-state index in [0.717, 1.165) is 18.2 Å². The summed E-state index contributed by atoms with van der Waals surface area (Å²) in [7, 11) is -4.22. The predicted octanol–water partition coefficient (Wildman–Crippen LogP) is 2.16. The van der Waals surface area contributed by atoms with Gasteiger partial charge in [0.25, 0.3) is 0 Å². The minimum Gasteiger partial charge on any atom is -0.478 e. The number of sulfonamides is 1. The third kappa shape index (κ3) is 3.29. The lowest BCUT2D eigenvalue weighted by Gasteiger charge is -2.13. The lowest BCUT2D eigenvalue weighted by atomic mass is 10.2. The number of aromatic carboxylic acids is 1. The topological polar surface area (TPSA) is 96.6 Å². The van der Waals surface area contributed by atoms with Gasteiger partial charge < -0.3 is 9.52 Å². The first-order valence-electron chi connectivity index (χ1n) is 5.90. The van der Waals surface area contributed by atoms with Crippen molar-refractivity contribution in [1.82, 2.24) is 4.72 Å². The molecule has 1 unspecified atom stereocenters. The zero-order valence-corrected chi connectivity index (χ0v) is 11.7. The number of halogens is 1. The molecule has 0 bridgehead atoms. The fourth-order valence-corrected chi connectivity index (χ4v) is 3.05. The molecule has 2 aromatic rings. The maximum Gasteiger partial charge on any atom is 0.335 e. The van der Waals surface area contributed by atoms with Gasteiger partial charge in [0.05, 0.1) is 17.9 Å². The summed E-state index contributed by atoms with van der Waals surface area (Å²) in [4.78, 5) is 10.1. The number of benzene rings is 1. The average Bonchev–Trinajstić information content (AvgIpc) is 2.92. The average molecular weight is 313 g/mol. The molecule has 0 aliphatic carbocycles. The van der Waals surface area contributed by atoms with Gasteiger partial charge in [-0.2, -0.15) is 0 Å². The monoisotopic (exact) mass is 313 g/mol. The number of hydrogen-bond acceptors (Lipinski definition) is 4. The molecule has 112 valence electrons. The zero-order valence-electron chi connectivity index (χ0n) is 10.9. The maximum atomic E-state index is 13.7. The second-order valence-corrected chi connectivity index (χ2v) is 5.99. The Morgan fingerprint density at radius 2 is 2.10 bits per heavy atom. The Morgan fingerprint density at radius 3 is 2.67 bits per heavy atom. The molecule has 2 N–H and O–H groups in total.